The van der Waals surface area contributed by atoms with E-state index in [9.17, 15) is 0 Å². The van der Waals surface area contributed by atoms with Crippen molar-refractivity contribution in [2.45, 2.75) is 19.9 Å². The fourth-order valence-electron chi connectivity index (χ4n) is 2.54. The molecule has 3 rings (SSSR count). The molecule has 0 unspecified atom stereocenters. The standard InChI is InChI=1S/C16H18N4S/c1-3-13-9-14(19(2)18-13)10-20-7-6-11-4-5-12(16(17)21)8-15(11)20/h4-9H,3,10H2,1-2H3,(H2,17,21). The van der Waals surface area contributed by atoms with Crippen LogP contribution < -0.4 is 5.73 Å². The number of benzene rings is 1. The van der Waals surface area contributed by atoms with Crippen molar-refractivity contribution in [1.29, 1.82) is 0 Å². The zero-order valence-corrected chi connectivity index (χ0v) is 13.0. The van der Waals surface area contributed by atoms with Crippen molar-refractivity contribution in [2.75, 3.05) is 0 Å². The van der Waals surface area contributed by atoms with Gasteiger partial charge in [0, 0.05) is 24.3 Å². The summed E-state index contributed by atoms with van der Waals surface area (Å²) >= 11 is 5.07. The molecule has 0 amide bonds. The molecule has 1 aromatic carbocycles. The Morgan fingerprint density at radius 1 is 1.29 bits per heavy atom. The Balaban J connectivity index is 2.01. The molecule has 21 heavy (non-hydrogen) atoms. The Labute approximate surface area is 129 Å². The van der Waals surface area contributed by atoms with Gasteiger partial charge < -0.3 is 10.3 Å². The van der Waals surface area contributed by atoms with Crippen molar-refractivity contribution in [1.82, 2.24) is 14.3 Å². The fourth-order valence-corrected chi connectivity index (χ4v) is 2.67. The first-order chi connectivity index (χ1) is 10.1. The van der Waals surface area contributed by atoms with Crippen LogP contribution >= 0.6 is 12.2 Å². The summed E-state index contributed by atoms with van der Waals surface area (Å²) in [6.45, 7) is 2.90. The molecule has 0 saturated heterocycles. The molecule has 2 aromatic heterocycles. The molecule has 2 heterocycles. The van der Waals surface area contributed by atoms with E-state index >= 15 is 0 Å². The number of hydrogen-bond acceptors (Lipinski definition) is 2. The van der Waals surface area contributed by atoms with Gasteiger partial charge in [-0.1, -0.05) is 31.3 Å². The molecule has 0 aliphatic heterocycles. The number of fused-ring (bicyclic) bond motifs is 1. The van der Waals surface area contributed by atoms with Crippen molar-refractivity contribution in [3.8, 4) is 0 Å². The van der Waals surface area contributed by atoms with Gasteiger partial charge in [0.2, 0.25) is 0 Å². The largest absolute Gasteiger partial charge is 0.389 e. The van der Waals surface area contributed by atoms with Crippen LogP contribution in [0.25, 0.3) is 10.9 Å². The quantitative estimate of drug-likeness (QED) is 0.753. The summed E-state index contributed by atoms with van der Waals surface area (Å²) in [5.74, 6) is 0. The number of hydrogen-bond donors (Lipinski definition) is 1. The van der Waals surface area contributed by atoms with Gasteiger partial charge in [0.1, 0.15) is 4.99 Å². The van der Waals surface area contributed by atoms with Crippen molar-refractivity contribution in [3.05, 3.63) is 53.5 Å². The molecule has 108 valence electrons. The maximum atomic E-state index is 5.73. The average molecular weight is 298 g/mol. The minimum Gasteiger partial charge on any atom is -0.389 e. The molecule has 0 spiro atoms. The van der Waals surface area contributed by atoms with Crippen LogP contribution in [-0.4, -0.2) is 19.3 Å². The van der Waals surface area contributed by atoms with Gasteiger partial charge in [0.15, 0.2) is 0 Å². The first-order valence-corrected chi connectivity index (χ1v) is 7.40. The van der Waals surface area contributed by atoms with E-state index in [1.54, 1.807) is 0 Å². The molecule has 4 nitrogen and oxygen atoms in total. The van der Waals surface area contributed by atoms with Crippen LogP contribution in [0.5, 0.6) is 0 Å². The summed E-state index contributed by atoms with van der Waals surface area (Å²) in [7, 11) is 1.99. The topological polar surface area (TPSA) is 48.8 Å². The predicted molar refractivity (Wildman–Crippen MR) is 89.5 cm³/mol. The summed E-state index contributed by atoms with van der Waals surface area (Å²) in [6.07, 6.45) is 3.04. The summed E-state index contributed by atoms with van der Waals surface area (Å²) in [4.78, 5) is 0.429. The molecular weight excluding hydrogens is 280 g/mol. The van der Waals surface area contributed by atoms with E-state index in [4.69, 9.17) is 18.0 Å². The third-order valence-corrected chi connectivity index (χ3v) is 4.02. The van der Waals surface area contributed by atoms with Gasteiger partial charge in [-0.2, -0.15) is 5.10 Å². The van der Waals surface area contributed by atoms with E-state index in [-0.39, 0.29) is 0 Å². The van der Waals surface area contributed by atoms with Crippen molar-refractivity contribution >= 4 is 28.1 Å². The van der Waals surface area contributed by atoms with E-state index < -0.39 is 0 Å². The normalized spacial score (nSPS) is 11.1. The Morgan fingerprint density at radius 2 is 2.10 bits per heavy atom. The lowest BCUT2D eigenvalue weighted by Crippen LogP contribution is -2.09. The number of aryl methyl sites for hydroxylation is 2. The van der Waals surface area contributed by atoms with Gasteiger partial charge >= 0.3 is 0 Å². The lowest BCUT2D eigenvalue weighted by molar-refractivity contribution is 0.669. The van der Waals surface area contributed by atoms with Crippen LogP contribution in [0.4, 0.5) is 0 Å². The molecule has 0 aliphatic carbocycles. The second-order valence-electron chi connectivity index (χ2n) is 5.19. The molecule has 0 saturated carbocycles. The van der Waals surface area contributed by atoms with Crippen LogP contribution in [0, 0.1) is 0 Å². The van der Waals surface area contributed by atoms with Crippen LogP contribution in [0.1, 0.15) is 23.9 Å². The van der Waals surface area contributed by atoms with Crippen LogP contribution in [0.15, 0.2) is 36.5 Å². The van der Waals surface area contributed by atoms with Gasteiger partial charge in [-0.3, -0.25) is 4.68 Å². The summed E-state index contributed by atoms with van der Waals surface area (Å²) in [5.41, 5.74) is 10.1. The molecule has 0 bridgehead atoms. The van der Waals surface area contributed by atoms with Crippen molar-refractivity contribution in [2.24, 2.45) is 12.8 Å². The molecule has 0 fully saturated rings. The smallest absolute Gasteiger partial charge is 0.104 e. The zero-order chi connectivity index (χ0) is 15.0. The monoisotopic (exact) mass is 298 g/mol. The Kier molecular flexibility index (Phi) is 3.51. The second-order valence-corrected chi connectivity index (χ2v) is 5.63. The molecule has 3 aromatic rings. The number of nitrogens with zero attached hydrogens (tertiary/aromatic N) is 3. The van der Waals surface area contributed by atoms with E-state index in [1.807, 2.05) is 17.8 Å². The molecule has 5 heteroatoms. The fraction of sp³-hybridized carbons (Fsp3) is 0.250. The van der Waals surface area contributed by atoms with Crippen LogP contribution in [0.3, 0.4) is 0 Å². The highest BCUT2D eigenvalue weighted by Gasteiger charge is 2.08. The summed E-state index contributed by atoms with van der Waals surface area (Å²) in [6, 6.07) is 10.3. The first kappa shape index (κ1) is 13.8. The minimum atomic E-state index is 0.429. The summed E-state index contributed by atoms with van der Waals surface area (Å²) < 4.78 is 4.15. The van der Waals surface area contributed by atoms with Gasteiger partial charge in [0.05, 0.1) is 17.9 Å². The van der Waals surface area contributed by atoms with E-state index in [1.165, 1.54) is 11.1 Å². The highest BCUT2D eigenvalue weighted by molar-refractivity contribution is 7.80. The molecule has 0 atom stereocenters. The Hall–Kier alpha value is -2.14. The van der Waals surface area contributed by atoms with Crippen molar-refractivity contribution < 1.29 is 0 Å². The number of aromatic nitrogens is 3. The highest BCUT2D eigenvalue weighted by Crippen LogP contribution is 2.19. The third kappa shape index (κ3) is 2.56. The van der Waals surface area contributed by atoms with Gasteiger partial charge in [-0.25, -0.2) is 0 Å². The molecular formula is C16H18N4S. The van der Waals surface area contributed by atoms with Crippen LogP contribution in [0.2, 0.25) is 0 Å². The number of nitrogens with two attached hydrogens (primary N) is 1. The predicted octanol–water partition coefficient (Wildman–Crippen LogP) is 2.62. The maximum absolute atomic E-state index is 5.73. The van der Waals surface area contributed by atoms with E-state index in [0.29, 0.717) is 4.99 Å². The lowest BCUT2D eigenvalue weighted by Gasteiger charge is -2.07. The maximum Gasteiger partial charge on any atom is 0.104 e. The SMILES string of the molecule is CCc1cc(Cn2ccc3ccc(C(N)=S)cc32)n(C)n1. The minimum absolute atomic E-state index is 0.429. The Morgan fingerprint density at radius 3 is 2.76 bits per heavy atom. The molecule has 0 aliphatic rings. The average Bonchev–Trinajstić information content (AvgIpc) is 3.03. The van der Waals surface area contributed by atoms with Gasteiger partial charge in [-0.05, 0) is 30.0 Å². The summed E-state index contributed by atoms with van der Waals surface area (Å²) in [5, 5.41) is 5.69. The first-order valence-electron chi connectivity index (χ1n) is 6.99. The van der Waals surface area contributed by atoms with Gasteiger partial charge in [0.25, 0.3) is 0 Å². The number of rotatable bonds is 4. The third-order valence-electron chi connectivity index (χ3n) is 3.78. The highest BCUT2D eigenvalue weighted by atomic mass is 32.1. The van der Waals surface area contributed by atoms with E-state index in [0.717, 1.165) is 29.7 Å². The lowest BCUT2D eigenvalue weighted by atomic mass is 10.1. The van der Waals surface area contributed by atoms with Crippen LogP contribution in [-0.2, 0) is 20.0 Å². The zero-order valence-electron chi connectivity index (χ0n) is 12.2. The Bertz CT molecular complexity index is 813. The van der Waals surface area contributed by atoms with Crippen molar-refractivity contribution in [3.63, 3.8) is 0 Å². The van der Waals surface area contributed by atoms with Gasteiger partial charge in [-0.15, -0.1) is 0 Å². The second kappa shape index (κ2) is 5.33. The molecule has 0 radical (unpaired) electrons. The number of thiocarbonyl (C=S) groups is 1. The van der Waals surface area contributed by atoms with E-state index in [2.05, 4.69) is 47.1 Å². The molecule has 2 N–H and O–H groups in total.